The lowest BCUT2D eigenvalue weighted by Gasteiger charge is -2.25. The zero-order chi connectivity index (χ0) is 9.97. The Balaban J connectivity index is 2.03. The third-order valence-electron chi connectivity index (χ3n) is 2.60. The summed E-state index contributed by atoms with van der Waals surface area (Å²) in [7, 11) is 0. The summed E-state index contributed by atoms with van der Waals surface area (Å²) >= 11 is 0. The van der Waals surface area contributed by atoms with Gasteiger partial charge in [0, 0.05) is 13.2 Å². The van der Waals surface area contributed by atoms with Crippen LogP contribution >= 0.6 is 0 Å². The molecule has 0 aromatic carbocycles. The van der Waals surface area contributed by atoms with E-state index in [1.54, 1.807) is 6.92 Å². The highest BCUT2D eigenvalue weighted by molar-refractivity contribution is 4.93. The fourth-order valence-electron chi connectivity index (χ4n) is 1.73. The first-order valence-corrected chi connectivity index (χ1v) is 4.91. The van der Waals surface area contributed by atoms with Crippen LogP contribution in [0.3, 0.4) is 0 Å². The van der Waals surface area contributed by atoms with Gasteiger partial charge in [-0.1, -0.05) is 5.16 Å². The van der Waals surface area contributed by atoms with Crippen molar-refractivity contribution in [2.45, 2.75) is 25.8 Å². The number of ether oxygens (including phenoxy) is 1. The molecule has 1 fully saturated rings. The van der Waals surface area contributed by atoms with Crippen molar-refractivity contribution in [3.8, 4) is 0 Å². The number of hydrogen-bond acceptors (Lipinski definition) is 5. The Labute approximate surface area is 82.6 Å². The molecule has 1 aromatic rings. The van der Waals surface area contributed by atoms with Gasteiger partial charge in [-0.15, -0.1) is 0 Å². The number of aryl methyl sites for hydroxylation is 1. The highest BCUT2D eigenvalue weighted by Crippen LogP contribution is 2.26. The molecule has 5 nitrogen and oxygen atoms in total. The Morgan fingerprint density at radius 3 is 2.71 bits per heavy atom. The van der Waals surface area contributed by atoms with Crippen molar-refractivity contribution in [2.24, 2.45) is 11.7 Å². The van der Waals surface area contributed by atoms with E-state index < -0.39 is 0 Å². The summed E-state index contributed by atoms with van der Waals surface area (Å²) in [6, 6.07) is -0.139. The van der Waals surface area contributed by atoms with Gasteiger partial charge in [0.15, 0.2) is 5.82 Å². The Bertz CT molecular complexity index is 294. The quantitative estimate of drug-likeness (QED) is 0.759. The van der Waals surface area contributed by atoms with E-state index in [0.29, 0.717) is 17.6 Å². The molecule has 1 aliphatic heterocycles. The van der Waals surface area contributed by atoms with Crippen LogP contribution in [0, 0.1) is 12.8 Å². The van der Waals surface area contributed by atoms with E-state index in [9.17, 15) is 0 Å². The normalized spacial score (nSPS) is 21.0. The maximum atomic E-state index is 6.03. The van der Waals surface area contributed by atoms with E-state index in [0.717, 1.165) is 26.1 Å². The molecule has 2 heterocycles. The second kappa shape index (κ2) is 4.06. The third kappa shape index (κ3) is 1.93. The van der Waals surface area contributed by atoms with E-state index in [2.05, 4.69) is 10.1 Å². The van der Waals surface area contributed by atoms with Gasteiger partial charge in [-0.3, -0.25) is 0 Å². The SMILES string of the molecule is Cc1noc(C(N)C2CCOCC2)n1. The summed E-state index contributed by atoms with van der Waals surface area (Å²) in [6.45, 7) is 3.36. The van der Waals surface area contributed by atoms with Crippen LogP contribution < -0.4 is 5.73 Å². The van der Waals surface area contributed by atoms with E-state index in [-0.39, 0.29) is 6.04 Å². The van der Waals surface area contributed by atoms with E-state index in [4.69, 9.17) is 15.0 Å². The fourth-order valence-corrected chi connectivity index (χ4v) is 1.73. The topological polar surface area (TPSA) is 74.2 Å². The van der Waals surface area contributed by atoms with Crippen LogP contribution in [-0.4, -0.2) is 23.4 Å². The van der Waals surface area contributed by atoms with Gasteiger partial charge in [0.25, 0.3) is 0 Å². The molecular weight excluding hydrogens is 182 g/mol. The molecule has 14 heavy (non-hydrogen) atoms. The van der Waals surface area contributed by atoms with Crippen LogP contribution in [0.2, 0.25) is 0 Å². The van der Waals surface area contributed by atoms with Crippen LogP contribution in [0.5, 0.6) is 0 Å². The standard InChI is InChI=1S/C9H15N3O2/c1-6-11-9(14-12-6)8(10)7-2-4-13-5-3-7/h7-8H,2-5,10H2,1H3. The second-order valence-electron chi connectivity index (χ2n) is 3.66. The molecule has 2 N–H and O–H groups in total. The number of nitrogens with two attached hydrogens (primary N) is 1. The van der Waals surface area contributed by atoms with Crippen molar-refractivity contribution >= 4 is 0 Å². The third-order valence-corrected chi connectivity index (χ3v) is 2.60. The zero-order valence-corrected chi connectivity index (χ0v) is 8.27. The molecule has 1 unspecified atom stereocenters. The van der Waals surface area contributed by atoms with Gasteiger partial charge in [0.1, 0.15) is 0 Å². The minimum absolute atomic E-state index is 0.139. The molecule has 0 saturated carbocycles. The summed E-state index contributed by atoms with van der Waals surface area (Å²) in [5.41, 5.74) is 6.03. The van der Waals surface area contributed by atoms with Crippen molar-refractivity contribution in [3.05, 3.63) is 11.7 Å². The summed E-state index contributed by atoms with van der Waals surface area (Å²) in [6.07, 6.45) is 1.95. The molecular formula is C9H15N3O2. The minimum Gasteiger partial charge on any atom is -0.381 e. The van der Waals surface area contributed by atoms with E-state index >= 15 is 0 Å². The Kier molecular flexibility index (Phi) is 2.79. The molecule has 0 bridgehead atoms. The van der Waals surface area contributed by atoms with Gasteiger partial charge in [0.2, 0.25) is 5.89 Å². The zero-order valence-electron chi connectivity index (χ0n) is 8.27. The average molecular weight is 197 g/mol. The summed E-state index contributed by atoms with van der Waals surface area (Å²) in [4.78, 5) is 4.14. The minimum atomic E-state index is -0.139. The van der Waals surface area contributed by atoms with Crippen LogP contribution in [0.1, 0.15) is 30.6 Å². The number of hydrogen-bond donors (Lipinski definition) is 1. The van der Waals surface area contributed by atoms with Crippen LogP contribution in [0.25, 0.3) is 0 Å². The molecule has 1 atom stereocenters. The molecule has 0 spiro atoms. The van der Waals surface area contributed by atoms with E-state index in [1.807, 2.05) is 0 Å². The summed E-state index contributed by atoms with van der Waals surface area (Å²) < 4.78 is 10.3. The Morgan fingerprint density at radius 2 is 2.14 bits per heavy atom. The molecule has 1 aliphatic rings. The van der Waals surface area contributed by atoms with Crippen LogP contribution in [0.4, 0.5) is 0 Å². The van der Waals surface area contributed by atoms with Gasteiger partial charge in [-0.25, -0.2) is 0 Å². The predicted octanol–water partition coefficient (Wildman–Crippen LogP) is 0.804. The molecule has 0 amide bonds. The maximum Gasteiger partial charge on any atom is 0.243 e. The molecule has 78 valence electrons. The maximum absolute atomic E-state index is 6.03. The average Bonchev–Trinajstić information content (AvgIpc) is 2.65. The van der Waals surface area contributed by atoms with Crippen molar-refractivity contribution in [1.82, 2.24) is 10.1 Å². The van der Waals surface area contributed by atoms with Crippen LogP contribution in [-0.2, 0) is 4.74 Å². The monoisotopic (exact) mass is 197 g/mol. The van der Waals surface area contributed by atoms with Gasteiger partial charge < -0.3 is 15.0 Å². The first kappa shape index (κ1) is 9.61. The highest BCUT2D eigenvalue weighted by atomic mass is 16.5. The highest BCUT2D eigenvalue weighted by Gasteiger charge is 2.26. The predicted molar refractivity (Wildman–Crippen MR) is 49.5 cm³/mol. The lowest BCUT2D eigenvalue weighted by molar-refractivity contribution is 0.0546. The Hall–Kier alpha value is -0.940. The van der Waals surface area contributed by atoms with Crippen LogP contribution in [0.15, 0.2) is 4.52 Å². The summed E-state index contributed by atoms with van der Waals surface area (Å²) in [5.74, 6) is 1.60. The van der Waals surface area contributed by atoms with Crippen molar-refractivity contribution in [1.29, 1.82) is 0 Å². The fraction of sp³-hybridized carbons (Fsp3) is 0.778. The van der Waals surface area contributed by atoms with E-state index in [1.165, 1.54) is 0 Å². The van der Waals surface area contributed by atoms with Crippen molar-refractivity contribution in [2.75, 3.05) is 13.2 Å². The second-order valence-corrected chi connectivity index (χ2v) is 3.66. The van der Waals surface area contributed by atoms with Crippen molar-refractivity contribution < 1.29 is 9.26 Å². The lowest BCUT2D eigenvalue weighted by atomic mass is 9.92. The van der Waals surface area contributed by atoms with Gasteiger partial charge in [0.05, 0.1) is 6.04 Å². The lowest BCUT2D eigenvalue weighted by Crippen LogP contribution is -2.27. The molecule has 0 radical (unpaired) electrons. The molecule has 5 heteroatoms. The number of aromatic nitrogens is 2. The molecule has 2 rings (SSSR count). The Morgan fingerprint density at radius 1 is 1.43 bits per heavy atom. The number of rotatable bonds is 2. The first-order chi connectivity index (χ1) is 6.77. The molecule has 0 aliphatic carbocycles. The summed E-state index contributed by atoms with van der Waals surface area (Å²) in [5, 5.41) is 3.74. The smallest absolute Gasteiger partial charge is 0.243 e. The molecule has 1 aromatic heterocycles. The largest absolute Gasteiger partial charge is 0.381 e. The number of nitrogens with zero attached hydrogens (tertiary/aromatic N) is 2. The first-order valence-electron chi connectivity index (χ1n) is 4.91. The molecule has 1 saturated heterocycles. The van der Waals surface area contributed by atoms with Gasteiger partial charge in [-0.2, -0.15) is 4.98 Å². The van der Waals surface area contributed by atoms with Crippen molar-refractivity contribution in [3.63, 3.8) is 0 Å². The van der Waals surface area contributed by atoms with Gasteiger partial charge in [-0.05, 0) is 25.7 Å². The van der Waals surface area contributed by atoms with Gasteiger partial charge >= 0.3 is 0 Å².